The molecule has 0 saturated carbocycles. The third-order valence-electron chi connectivity index (χ3n) is 4.55. The first kappa shape index (κ1) is 18.4. The zero-order valence-electron chi connectivity index (χ0n) is 16.3. The molecule has 28 heavy (non-hydrogen) atoms. The van der Waals surface area contributed by atoms with Gasteiger partial charge in [0.2, 0.25) is 0 Å². The highest BCUT2D eigenvalue weighted by Crippen LogP contribution is 2.37. The Labute approximate surface area is 167 Å². The second-order valence-electron chi connectivity index (χ2n) is 7.56. The van der Waals surface area contributed by atoms with Crippen LogP contribution >= 0.6 is 11.3 Å². The van der Waals surface area contributed by atoms with Crippen LogP contribution in [0.3, 0.4) is 0 Å². The summed E-state index contributed by atoms with van der Waals surface area (Å²) in [5, 5.41) is 10.8. The van der Waals surface area contributed by atoms with Crippen molar-refractivity contribution in [1.82, 2.24) is 15.1 Å². The first-order valence-corrected chi connectivity index (χ1v) is 9.90. The summed E-state index contributed by atoms with van der Waals surface area (Å²) in [6, 6.07) is 9.67. The average Bonchev–Trinajstić information content (AvgIpc) is 3.33. The molecule has 4 rings (SSSR count). The Bertz CT molecular complexity index is 1090. The lowest BCUT2D eigenvalue weighted by Gasteiger charge is -2.18. The van der Waals surface area contributed by atoms with Gasteiger partial charge in [-0.1, -0.05) is 25.9 Å². The molecule has 0 spiro atoms. The van der Waals surface area contributed by atoms with E-state index in [1.165, 1.54) is 5.56 Å². The molecule has 144 valence electrons. The van der Waals surface area contributed by atoms with Gasteiger partial charge in [-0.3, -0.25) is 0 Å². The molecule has 3 heterocycles. The van der Waals surface area contributed by atoms with E-state index in [-0.39, 0.29) is 5.41 Å². The van der Waals surface area contributed by atoms with Crippen molar-refractivity contribution < 1.29 is 9.26 Å². The van der Waals surface area contributed by atoms with Crippen LogP contribution in [0.25, 0.3) is 21.5 Å². The van der Waals surface area contributed by atoms with Gasteiger partial charge in [-0.25, -0.2) is 9.97 Å². The standard InChI is InChI=1S/C21H22N4O2S/c1-21(2,3)16-11-28-20-18(16)19(23-12-24-20)22-10-15-9-17(25-27-15)13-5-7-14(26-4)8-6-13/h5-9,11-12H,10H2,1-4H3,(H,22,23,24). The van der Waals surface area contributed by atoms with Gasteiger partial charge in [0.05, 0.1) is 19.0 Å². The number of hydrogen-bond acceptors (Lipinski definition) is 7. The van der Waals surface area contributed by atoms with Gasteiger partial charge >= 0.3 is 0 Å². The van der Waals surface area contributed by atoms with Crippen molar-refractivity contribution in [2.45, 2.75) is 32.7 Å². The molecule has 0 atom stereocenters. The van der Waals surface area contributed by atoms with E-state index < -0.39 is 0 Å². The molecule has 3 aromatic heterocycles. The van der Waals surface area contributed by atoms with Crippen LogP contribution in [0, 0.1) is 0 Å². The van der Waals surface area contributed by atoms with E-state index in [0.29, 0.717) is 6.54 Å². The Morgan fingerprint density at radius 2 is 1.93 bits per heavy atom. The number of anilines is 1. The molecule has 0 amide bonds. The quantitative estimate of drug-likeness (QED) is 0.497. The Kier molecular flexibility index (Phi) is 4.77. The predicted octanol–water partition coefficient (Wildman–Crippen LogP) is 5.26. The Morgan fingerprint density at radius 1 is 1.14 bits per heavy atom. The van der Waals surface area contributed by atoms with Gasteiger partial charge < -0.3 is 14.6 Å². The zero-order chi connectivity index (χ0) is 19.7. The highest BCUT2D eigenvalue weighted by molar-refractivity contribution is 7.17. The van der Waals surface area contributed by atoms with E-state index in [0.717, 1.165) is 38.8 Å². The van der Waals surface area contributed by atoms with Crippen LogP contribution in [-0.2, 0) is 12.0 Å². The van der Waals surface area contributed by atoms with Crippen LogP contribution < -0.4 is 10.1 Å². The molecular weight excluding hydrogens is 372 g/mol. The maximum atomic E-state index is 5.50. The number of methoxy groups -OCH3 is 1. The summed E-state index contributed by atoms with van der Waals surface area (Å²) in [6.07, 6.45) is 1.59. The molecule has 0 aliphatic carbocycles. The molecule has 0 aliphatic heterocycles. The molecule has 0 bridgehead atoms. The van der Waals surface area contributed by atoms with E-state index >= 15 is 0 Å². The first-order chi connectivity index (χ1) is 13.5. The summed E-state index contributed by atoms with van der Waals surface area (Å²) in [6.45, 7) is 7.09. The molecule has 0 saturated heterocycles. The van der Waals surface area contributed by atoms with Crippen molar-refractivity contribution in [1.29, 1.82) is 0 Å². The van der Waals surface area contributed by atoms with Gasteiger partial charge in [-0.2, -0.15) is 0 Å². The van der Waals surface area contributed by atoms with Crippen molar-refractivity contribution in [3.8, 4) is 17.0 Å². The molecule has 0 fully saturated rings. The summed E-state index contributed by atoms with van der Waals surface area (Å²) in [5.41, 5.74) is 3.03. The zero-order valence-corrected chi connectivity index (χ0v) is 17.1. The topological polar surface area (TPSA) is 73.1 Å². The average molecular weight is 395 g/mol. The summed E-state index contributed by atoms with van der Waals surface area (Å²) < 4.78 is 10.7. The minimum absolute atomic E-state index is 0.0210. The van der Waals surface area contributed by atoms with Gasteiger partial charge in [0, 0.05) is 11.6 Å². The number of hydrogen-bond donors (Lipinski definition) is 1. The monoisotopic (exact) mass is 394 g/mol. The number of nitrogens with zero attached hydrogens (tertiary/aromatic N) is 3. The highest BCUT2D eigenvalue weighted by atomic mass is 32.1. The van der Waals surface area contributed by atoms with Crippen molar-refractivity contribution in [3.05, 3.63) is 53.4 Å². The van der Waals surface area contributed by atoms with E-state index in [1.807, 2.05) is 30.3 Å². The van der Waals surface area contributed by atoms with E-state index in [4.69, 9.17) is 9.26 Å². The van der Waals surface area contributed by atoms with Gasteiger partial charge in [-0.05, 0) is 40.6 Å². The van der Waals surface area contributed by atoms with Crippen LogP contribution in [0.2, 0.25) is 0 Å². The second kappa shape index (κ2) is 7.24. The largest absolute Gasteiger partial charge is 0.497 e. The normalized spacial score (nSPS) is 11.7. The number of rotatable bonds is 5. The lowest BCUT2D eigenvalue weighted by molar-refractivity contribution is 0.390. The van der Waals surface area contributed by atoms with E-state index in [1.54, 1.807) is 24.8 Å². The summed E-state index contributed by atoms with van der Waals surface area (Å²) in [5.74, 6) is 2.37. The van der Waals surface area contributed by atoms with Gasteiger partial charge in [-0.15, -0.1) is 11.3 Å². The molecule has 0 aliphatic rings. The van der Waals surface area contributed by atoms with Crippen molar-refractivity contribution in [2.24, 2.45) is 0 Å². The molecule has 4 aromatic rings. The van der Waals surface area contributed by atoms with Crippen molar-refractivity contribution in [2.75, 3.05) is 12.4 Å². The summed E-state index contributed by atoms with van der Waals surface area (Å²) >= 11 is 1.64. The fraction of sp³-hybridized carbons (Fsp3) is 0.286. The third kappa shape index (κ3) is 3.57. The number of nitrogens with one attached hydrogen (secondary N) is 1. The Morgan fingerprint density at radius 3 is 2.64 bits per heavy atom. The second-order valence-corrected chi connectivity index (χ2v) is 8.42. The third-order valence-corrected chi connectivity index (χ3v) is 5.44. The molecule has 0 unspecified atom stereocenters. The number of fused-ring (bicyclic) bond motifs is 1. The number of aromatic nitrogens is 3. The van der Waals surface area contributed by atoms with Crippen LogP contribution in [0.5, 0.6) is 5.75 Å². The SMILES string of the molecule is COc1ccc(-c2cc(CNc3ncnc4scc(C(C)(C)C)c34)on2)cc1. The van der Waals surface area contributed by atoms with Crippen molar-refractivity contribution >= 4 is 27.4 Å². The minimum atomic E-state index is 0.0210. The maximum Gasteiger partial charge on any atom is 0.156 e. The van der Waals surface area contributed by atoms with Gasteiger partial charge in [0.25, 0.3) is 0 Å². The smallest absolute Gasteiger partial charge is 0.156 e. The maximum absolute atomic E-state index is 5.50. The molecule has 7 heteroatoms. The van der Waals surface area contributed by atoms with Crippen molar-refractivity contribution in [3.63, 3.8) is 0 Å². The number of ether oxygens (including phenoxy) is 1. The Hall–Kier alpha value is -2.93. The van der Waals surface area contributed by atoms with E-state index in [2.05, 4.69) is 46.6 Å². The molecule has 1 N–H and O–H groups in total. The number of benzene rings is 1. The van der Waals surface area contributed by atoms with Crippen LogP contribution in [-0.4, -0.2) is 22.2 Å². The fourth-order valence-corrected chi connectivity index (χ4v) is 4.16. The van der Waals surface area contributed by atoms with Gasteiger partial charge in [0.15, 0.2) is 5.76 Å². The number of thiophene rings is 1. The molecule has 1 aromatic carbocycles. The fourth-order valence-electron chi connectivity index (χ4n) is 3.03. The summed E-state index contributed by atoms with van der Waals surface area (Å²) in [4.78, 5) is 9.86. The minimum Gasteiger partial charge on any atom is -0.497 e. The lowest BCUT2D eigenvalue weighted by Crippen LogP contribution is -2.11. The Balaban J connectivity index is 1.55. The predicted molar refractivity (Wildman–Crippen MR) is 112 cm³/mol. The molecule has 6 nitrogen and oxygen atoms in total. The molecular formula is C21H22N4O2S. The van der Waals surface area contributed by atoms with E-state index in [9.17, 15) is 0 Å². The van der Waals surface area contributed by atoms with Crippen LogP contribution in [0.15, 0.2) is 46.6 Å². The molecule has 0 radical (unpaired) electrons. The van der Waals surface area contributed by atoms with Crippen LogP contribution in [0.1, 0.15) is 32.1 Å². The lowest BCUT2D eigenvalue weighted by atomic mass is 9.87. The first-order valence-electron chi connectivity index (χ1n) is 9.02. The van der Waals surface area contributed by atoms with Crippen LogP contribution in [0.4, 0.5) is 5.82 Å². The van der Waals surface area contributed by atoms with Gasteiger partial charge in [0.1, 0.15) is 28.4 Å². The highest BCUT2D eigenvalue weighted by Gasteiger charge is 2.21. The summed E-state index contributed by atoms with van der Waals surface area (Å²) in [7, 11) is 1.65.